The molecule has 0 atom stereocenters. The Morgan fingerprint density at radius 3 is 1.67 bits per heavy atom. The molecule has 0 fully saturated rings. The van der Waals surface area contributed by atoms with Gasteiger partial charge in [-0.05, 0) is 20.8 Å². The van der Waals surface area contributed by atoms with Crippen LogP contribution in [-0.2, 0) is 4.74 Å². The maximum Gasteiger partial charge on any atom is 0.405 e. The van der Waals surface area contributed by atoms with Gasteiger partial charge in [-0.2, -0.15) is 0 Å². The summed E-state index contributed by atoms with van der Waals surface area (Å²) in [4.78, 5) is 10.0. The lowest BCUT2D eigenvalue weighted by Crippen LogP contribution is -2.27. The van der Waals surface area contributed by atoms with Crippen molar-refractivity contribution in [2.45, 2.75) is 26.4 Å². The van der Waals surface area contributed by atoms with Gasteiger partial charge in [0.2, 0.25) is 0 Å². The quantitative estimate of drug-likeness (QED) is 0.684. The summed E-state index contributed by atoms with van der Waals surface area (Å²) in [6.07, 6.45) is -0.725. The average molecular weight is 216 g/mol. The summed E-state index contributed by atoms with van der Waals surface area (Å²) >= 11 is 10.1. The van der Waals surface area contributed by atoms with Gasteiger partial charge in [-0.1, -0.05) is 0 Å². The van der Waals surface area contributed by atoms with Crippen molar-refractivity contribution >= 4 is 29.3 Å². The fraction of sp³-hybridized carbons (Fsp3) is 0.857. The second kappa shape index (κ2) is 7.50. The number of carbonyl (C=O) groups is 1. The van der Waals surface area contributed by atoms with Crippen molar-refractivity contribution in [2.75, 3.05) is 11.8 Å². The maximum atomic E-state index is 10.0. The summed E-state index contributed by atoms with van der Waals surface area (Å²) in [5.41, 5.74) is 4.26. The smallest absolute Gasteiger partial charge is 0.405 e. The van der Waals surface area contributed by atoms with E-state index in [4.69, 9.17) is 28.9 Å². The van der Waals surface area contributed by atoms with Crippen LogP contribution in [-0.4, -0.2) is 23.5 Å². The summed E-state index contributed by atoms with van der Waals surface area (Å²) in [6.45, 7) is 5.28. The van der Waals surface area contributed by atoms with Crippen molar-refractivity contribution < 1.29 is 9.53 Å². The Kier molecular flexibility index (Phi) is 8.98. The van der Waals surface area contributed by atoms with Crippen molar-refractivity contribution in [3.63, 3.8) is 0 Å². The summed E-state index contributed by atoms with van der Waals surface area (Å²) < 4.78 is 4.58. The van der Waals surface area contributed by atoms with Crippen LogP contribution < -0.4 is 5.73 Å². The molecule has 12 heavy (non-hydrogen) atoms. The Hall–Kier alpha value is -0.150. The van der Waals surface area contributed by atoms with E-state index in [9.17, 15) is 4.79 Å². The van der Waals surface area contributed by atoms with Crippen LogP contribution in [0.25, 0.3) is 0 Å². The van der Waals surface area contributed by atoms with E-state index in [1.807, 2.05) is 0 Å². The van der Waals surface area contributed by atoms with Crippen LogP contribution in [0.15, 0.2) is 0 Å². The number of ether oxygens (including phenoxy) is 1. The number of amides is 1. The van der Waals surface area contributed by atoms with Crippen LogP contribution in [0.5, 0.6) is 0 Å². The molecule has 5 heteroatoms. The van der Waals surface area contributed by atoms with E-state index in [0.29, 0.717) is 11.8 Å². The van der Waals surface area contributed by atoms with Crippen molar-refractivity contribution in [1.82, 2.24) is 0 Å². The van der Waals surface area contributed by atoms with E-state index < -0.39 is 11.7 Å². The molecule has 2 N–H and O–H groups in total. The van der Waals surface area contributed by atoms with Crippen LogP contribution in [0.1, 0.15) is 20.8 Å². The van der Waals surface area contributed by atoms with Gasteiger partial charge in [0.15, 0.2) is 0 Å². The second-order valence-electron chi connectivity index (χ2n) is 2.91. The van der Waals surface area contributed by atoms with Crippen molar-refractivity contribution in [3.8, 4) is 0 Å². The van der Waals surface area contributed by atoms with Crippen molar-refractivity contribution in [1.29, 1.82) is 0 Å². The summed E-state index contributed by atoms with van der Waals surface area (Å²) in [6, 6.07) is 0. The molecule has 0 aromatic rings. The highest BCUT2D eigenvalue weighted by molar-refractivity contribution is 6.25. The van der Waals surface area contributed by atoms with Crippen molar-refractivity contribution in [3.05, 3.63) is 0 Å². The van der Waals surface area contributed by atoms with Crippen LogP contribution in [0, 0.1) is 0 Å². The zero-order chi connectivity index (χ0) is 10.2. The van der Waals surface area contributed by atoms with Gasteiger partial charge in [-0.25, -0.2) is 4.79 Å². The van der Waals surface area contributed by atoms with Gasteiger partial charge < -0.3 is 10.5 Å². The zero-order valence-corrected chi connectivity index (χ0v) is 9.08. The van der Waals surface area contributed by atoms with Crippen molar-refractivity contribution in [2.24, 2.45) is 5.73 Å². The van der Waals surface area contributed by atoms with Gasteiger partial charge in [-0.3, -0.25) is 0 Å². The van der Waals surface area contributed by atoms with E-state index >= 15 is 0 Å². The first kappa shape index (κ1) is 14.4. The average Bonchev–Trinajstić information content (AvgIpc) is 1.83. The molecule has 74 valence electrons. The van der Waals surface area contributed by atoms with E-state index in [2.05, 4.69) is 4.74 Å². The predicted molar refractivity (Wildman–Crippen MR) is 51.9 cm³/mol. The first-order valence-corrected chi connectivity index (χ1v) is 4.50. The van der Waals surface area contributed by atoms with E-state index in [1.54, 1.807) is 20.8 Å². The highest BCUT2D eigenvalue weighted by atomic mass is 35.5. The number of halogens is 2. The van der Waals surface area contributed by atoms with Crippen LogP contribution >= 0.6 is 23.2 Å². The molecular formula is C7H15Cl2NO2. The molecular weight excluding hydrogens is 201 g/mol. The molecule has 1 amide bonds. The molecule has 3 nitrogen and oxygen atoms in total. The molecule has 0 saturated carbocycles. The molecule has 0 aliphatic carbocycles. The lowest BCUT2D eigenvalue weighted by molar-refractivity contribution is 0.0600. The molecule has 0 bridgehead atoms. The van der Waals surface area contributed by atoms with Gasteiger partial charge in [0.1, 0.15) is 5.60 Å². The third kappa shape index (κ3) is 22.5. The fourth-order valence-corrected chi connectivity index (χ4v) is 0.302. The number of carbonyl (C=O) groups excluding carboxylic acids is 1. The van der Waals surface area contributed by atoms with Gasteiger partial charge >= 0.3 is 6.09 Å². The number of primary amides is 1. The molecule has 0 aliphatic heterocycles. The fourth-order valence-electron chi connectivity index (χ4n) is 0.302. The standard InChI is InChI=1S/C5H11NO2.C2H4Cl2/c1-5(2,3)8-4(6)7;3-1-2-4/h1-3H3,(H2,6,7);1-2H2. The number of rotatable bonds is 1. The Morgan fingerprint density at radius 1 is 1.33 bits per heavy atom. The third-order valence-corrected chi connectivity index (χ3v) is 1.05. The monoisotopic (exact) mass is 215 g/mol. The van der Waals surface area contributed by atoms with E-state index in [1.165, 1.54) is 0 Å². The zero-order valence-electron chi connectivity index (χ0n) is 7.56. The highest BCUT2D eigenvalue weighted by Gasteiger charge is 2.12. The SMILES string of the molecule is CC(C)(C)OC(N)=O.ClCCCl. The maximum absolute atomic E-state index is 10.0. The molecule has 0 aliphatic rings. The molecule has 0 radical (unpaired) electrons. The predicted octanol–water partition coefficient (Wildman–Crippen LogP) is 2.34. The highest BCUT2D eigenvalue weighted by Crippen LogP contribution is 2.04. The lowest BCUT2D eigenvalue weighted by atomic mass is 10.2. The Bertz CT molecular complexity index is 121. The molecule has 0 heterocycles. The van der Waals surface area contributed by atoms with Crippen LogP contribution in [0.3, 0.4) is 0 Å². The summed E-state index contributed by atoms with van der Waals surface area (Å²) in [5, 5.41) is 0. The van der Waals surface area contributed by atoms with Gasteiger partial charge in [0.05, 0.1) is 0 Å². The minimum atomic E-state index is -0.725. The van der Waals surface area contributed by atoms with E-state index in [-0.39, 0.29) is 0 Å². The second-order valence-corrected chi connectivity index (χ2v) is 3.67. The first-order valence-electron chi connectivity index (χ1n) is 3.44. The number of alkyl halides is 2. The van der Waals surface area contributed by atoms with Crippen LogP contribution in [0.4, 0.5) is 4.79 Å². The largest absolute Gasteiger partial charge is 0.444 e. The van der Waals surface area contributed by atoms with E-state index in [0.717, 1.165) is 0 Å². The number of hydrogen-bond acceptors (Lipinski definition) is 2. The van der Waals surface area contributed by atoms with Gasteiger partial charge in [0, 0.05) is 11.8 Å². The number of hydrogen-bond donors (Lipinski definition) is 1. The van der Waals surface area contributed by atoms with Crippen LogP contribution in [0.2, 0.25) is 0 Å². The normalized spacial score (nSPS) is 9.75. The molecule has 0 aromatic carbocycles. The topological polar surface area (TPSA) is 52.3 Å². The summed E-state index contributed by atoms with van der Waals surface area (Å²) in [5.74, 6) is 1.11. The Balaban J connectivity index is 0. The number of nitrogens with two attached hydrogens (primary N) is 1. The molecule has 0 rings (SSSR count). The molecule has 0 saturated heterocycles. The minimum absolute atomic E-state index is 0.453. The molecule has 0 aromatic heterocycles. The van der Waals surface area contributed by atoms with Gasteiger partial charge in [0.25, 0.3) is 0 Å². The minimum Gasteiger partial charge on any atom is -0.444 e. The third-order valence-electron chi connectivity index (χ3n) is 0.478. The molecule has 0 unspecified atom stereocenters. The lowest BCUT2D eigenvalue weighted by Gasteiger charge is -2.16. The van der Waals surface area contributed by atoms with Gasteiger partial charge in [-0.15, -0.1) is 23.2 Å². The Labute approximate surface area is 83.2 Å². The molecule has 0 spiro atoms. The first-order chi connectivity index (χ1) is 5.33. The Morgan fingerprint density at radius 2 is 1.67 bits per heavy atom. The summed E-state index contributed by atoms with van der Waals surface area (Å²) in [7, 11) is 0.